The lowest BCUT2D eigenvalue weighted by molar-refractivity contribution is 0.368. The van der Waals surface area contributed by atoms with Gasteiger partial charge in [-0.3, -0.25) is 0 Å². The van der Waals surface area contributed by atoms with Crippen molar-refractivity contribution in [2.45, 2.75) is 45.2 Å². The first-order chi connectivity index (χ1) is 8.34. The SMILES string of the molecule is CCN(C(C)C)S(=O)(=O)c1cc(CNC)oc1C. The van der Waals surface area contributed by atoms with Crippen LogP contribution in [0.4, 0.5) is 0 Å². The summed E-state index contributed by atoms with van der Waals surface area (Å²) in [4.78, 5) is 0.267. The molecule has 0 atom stereocenters. The smallest absolute Gasteiger partial charge is 0.246 e. The van der Waals surface area contributed by atoms with Crippen molar-refractivity contribution < 1.29 is 12.8 Å². The molecule has 1 aromatic rings. The van der Waals surface area contributed by atoms with Crippen molar-refractivity contribution in [3.8, 4) is 0 Å². The maximum atomic E-state index is 12.5. The molecule has 1 rings (SSSR count). The average Bonchev–Trinajstić information content (AvgIpc) is 2.60. The van der Waals surface area contributed by atoms with E-state index in [9.17, 15) is 8.42 Å². The highest BCUT2D eigenvalue weighted by Gasteiger charge is 2.29. The maximum Gasteiger partial charge on any atom is 0.246 e. The number of aryl methyl sites for hydroxylation is 1. The predicted molar refractivity (Wildman–Crippen MR) is 70.9 cm³/mol. The summed E-state index contributed by atoms with van der Waals surface area (Å²) < 4.78 is 31.9. The summed E-state index contributed by atoms with van der Waals surface area (Å²) in [6.07, 6.45) is 0. The number of sulfonamides is 1. The van der Waals surface area contributed by atoms with Gasteiger partial charge < -0.3 is 9.73 Å². The lowest BCUT2D eigenvalue weighted by atomic mass is 10.4. The summed E-state index contributed by atoms with van der Waals surface area (Å²) in [5.74, 6) is 1.08. The molecule has 1 N–H and O–H groups in total. The monoisotopic (exact) mass is 274 g/mol. The lowest BCUT2D eigenvalue weighted by Gasteiger charge is -2.23. The number of hydrogen-bond acceptors (Lipinski definition) is 4. The minimum absolute atomic E-state index is 0.0675. The van der Waals surface area contributed by atoms with Crippen molar-refractivity contribution in [1.29, 1.82) is 0 Å². The summed E-state index contributed by atoms with van der Waals surface area (Å²) in [6, 6.07) is 1.54. The van der Waals surface area contributed by atoms with Gasteiger partial charge in [0.05, 0.1) is 6.54 Å². The Bertz CT molecular complexity index is 491. The van der Waals surface area contributed by atoms with E-state index in [0.717, 1.165) is 0 Å². The van der Waals surface area contributed by atoms with Crippen LogP contribution in [0.2, 0.25) is 0 Å². The van der Waals surface area contributed by atoms with Crippen molar-refractivity contribution in [2.75, 3.05) is 13.6 Å². The number of rotatable bonds is 6. The van der Waals surface area contributed by atoms with Gasteiger partial charge >= 0.3 is 0 Å². The predicted octanol–water partition coefficient (Wildman–Crippen LogP) is 1.73. The molecule has 0 aromatic carbocycles. The molecule has 0 radical (unpaired) electrons. The van der Waals surface area contributed by atoms with E-state index in [2.05, 4.69) is 5.32 Å². The number of nitrogens with one attached hydrogen (secondary N) is 1. The quantitative estimate of drug-likeness (QED) is 0.858. The standard InChI is InChI=1S/C12H22N2O3S/c1-6-14(9(2)3)18(15,16)12-7-11(8-13-5)17-10(12)4/h7,9,13H,6,8H2,1-5H3. The zero-order valence-corrected chi connectivity index (χ0v) is 12.5. The minimum atomic E-state index is -3.47. The van der Waals surface area contributed by atoms with Gasteiger partial charge in [0, 0.05) is 18.7 Å². The Morgan fingerprint density at radius 1 is 1.44 bits per heavy atom. The van der Waals surface area contributed by atoms with Crippen LogP contribution in [0.1, 0.15) is 32.3 Å². The molecule has 18 heavy (non-hydrogen) atoms. The summed E-state index contributed by atoms with van der Waals surface area (Å²) in [5, 5.41) is 2.94. The van der Waals surface area contributed by atoms with Gasteiger partial charge in [-0.25, -0.2) is 8.42 Å². The largest absolute Gasteiger partial charge is 0.464 e. The van der Waals surface area contributed by atoms with Crippen LogP contribution >= 0.6 is 0 Å². The minimum Gasteiger partial charge on any atom is -0.464 e. The molecule has 0 spiro atoms. The third-order valence-corrected chi connectivity index (χ3v) is 5.01. The molecule has 6 heteroatoms. The first kappa shape index (κ1) is 15.2. The third-order valence-electron chi connectivity index (χ3n) is 2.75. The third kappa shape index (κ3) is 2.93. The molecule has 0 aliphatic heterocycles. The molecule has 0 amide bonds. The summed E-state index contributed by atoms with van der Waals surface area (Å²) >= 11 is 0. The van der Waals surface area contributed by atoms with Gasteiger partial charge in [0.15, 0.2) is 0 Å². The highest BCUT2D eigenvalue weighted by Crippen LogP contribution is 2.24. The van der Waals surface area contributed by atoms with Crippen LogP contribution in [0.25, 0.3) is 0 Å². The molecule has 0 saturated heterocycles. The molecule has 0 unspecified atom stereocenters. The van der Waals surface area contributed by atoms with Crippen molar-refractivity contribution in [3.05, 3.63) is 17.6 Å². The molecular formula is C12H22N2O3S. The molecule has 5 nitrogen and oxygen atoms in total. The number of hydrogen-bond donors (Lipinski definition) is 1. The van der Waals surface area contributed by atoms with Crippen LogP contribution in [-0.4, -0.2) is 32.4 Å². The Morgan fingerprint density at radius 3 is 2.50 bits per heavy atom. The van der Waals surface area contributed by atoms with Crippen LogP contribution in [0.15, 0.2) is 15.4 Å². The Labute approximate surface area is 109 Å². The van der Waals surface area contributed by atoms with Gasteiger partial charge in [0.1, 0.15) is 16.4 Å². The Morgan fingerprint density at radius 2 is 2.06 bits per heavy atom. The van der Waals surface area contributed by atoms with Gasteiger partial charge in [-0.15, -0.1) is 0 Å². The molecule has 0 saturated carbocycles. The molecule has 1 aromatic heterocycles. The maximum absolute atomic E-state index is 12.5. The Hall–Kier alpha value is -0.850. The fourth-order valence-corrected chi connectivity index (χ4v) is 3.81. The zero-order chi connectivity index (χ0) is 13.9. The van der Waals surface area contributed by atoms with Gasteiger partial charge in [0.2, 0.25) is 10.0 Å². The average molecular weight is 274 g/mol. The Kier molecular flexibility index (Phi) is 4.95. The van der Waals surface area contributed by atoms with Crippen molar-refractivity contribution in [1.82, 2.24) is 9.62 Å². The van der Waals surface area contributed by atoms with E-state index in [-0.39, 0.29) is 10.9 Å². The van der Waals surface area contributed by atoms with Gasteiger partial charge in [-0.1, -0.05) is 6.92 Å². The summed E-state index contributed by atoms with van der Waals surface area (Å²) in [6.45, 7) is 8.22. The molecular weight excluding hydrogens is 252 g/mol. The van der Waals surface area contributed by atoms with Crippen LogP contribution < -0.4 is 5.32 Å². The van der Waals surface area contributed by atoms with Gasteiger partial charge in [-0.2, -0.15) is 4.31 Å². The van der Waals surface area contributed by atoms with Gasteiger partial charge in [0.25, 0.3) is 0 Å². The van der Waals surface area contributed by atoms with Crippen molar-refractivity contribution in [2.24, 2.45) is 0 Å². The first-order valence-electron chi connectivity index (χ1n) is 6.10. The summed E-state index contributed by atoms with van der Waals surface area (Å²) in [7, 11) is -1.68. The second-order valence-corrected chi connectivity index (χ2v) is 6.32. The number of furan rings is 1. The van der Waals surface area contributed by atoms with Crippen molar-refractivity contribution in [3.63, 3.8) is 0 Å². The van der Waals surface area contributed by atoms with Crippen LogP contribution in [0.5, 0.6) is 0 Å². The summed E-state index contributed by atoms with van der Waals surface area (Å²) in [5.41, 5.74) is 0. The van der Waals surface area contributed by atoms with Crippen LogP contribution in [-0.2, 0) is 16.6 Å². The Balaban J connectivity index is 3.19. The van der Waals surface area contributed by atoms with Crippen LogP contribution in [0.3, 0.4) is 0 Å². The molecule has 0 bridgehead atoms. The normalized spacial score (nSPS) is 12.6. The van der Waals surface area contributed by atoms with E-state index >= 15 is 0 Å². The van der Waals surface area contributed by atoms with E-state index in [1.165, 1.54) is 4.31 Å². The van der Waals surface area contributed by atoms with Crippen LogP contribution in [0, 0.1) is 6.92 Å². The van der Waals surface area contributed by atoms with E-state index in [1.54, 1.807) is 20.0 Å². The second kappa shape index (κ2) is 5.86. The highest BCUT2D eigenvalue weighted by molar-refractivity contribution is 7.89. The molecule has 104 valence electrons. The lowest BCUT2D eigenvalue weighted by Crippen LogP contribution is -2.36. The molecule has 0 aliphatic carbocycles. The van der Waals surface area contributed by atoms with E-state index in [4.69, 9.17) is 4.42 Å². The zero-order valence-electron chi connectivity index (χ0n) is 11.6. The van der Waals surface area contributed by atoms with Crippen molar-refractivity contribution >= 4 is 10.0 Å². The van der Waals surface area contributed by atoms with E-state index < -0.39 is 10.0 Å². The van der Waals surface area contributed by atoms with E-state index in [0.29, 0.717) is 24.6 Å². The fraction of sp³-hybridized carbons (Fsp3) is 0.667. The molecule has 0 fully saturated rings. The fourth-order valence-electron chi connectivity index (χ4n) is 1.98. The molecule has 1 heterocycles. The topological polar surface area (TPSA) is 62.6 Å². The molecule has 0 aliphatic rings. The second-order valence-electron chi connectivity index (χ2n) is 4.47. The highest BCUT2D eigenvalue weighted by atomic mass is 32.2. The number of nitrogens with zero attached hydrogens (tertiary/aromatic N) is 1. The van der Waals surface area contributed by atoms with E-state index in [1.807, 2.05) is 20.8 Å². The first-order valence-corrected chi connectivity index (χ1v) is 7.54. The van der Waals surface area contributed by atoms with Gasteiger partial charge in [-0.05, 0) is 27.8 Å².